The lowest BCUT2D eigenvalue weighted by Crippen LogP contribution is -2.60. The number of hydrogen-bond acceptors (Lipinski definition) is 6. The molecule has 0 saturated heterocycles. The van der Waals surface area contributed by atoms with Gasteiger partial charge in [0.25, 0.3) is 0 Å². The Kier molecular flexibility index (Phi) is 12.5. The molecule has 12 heteroatoms. The second-order valence-electron chi connectivity index (χ2n) is 10.2. The minimum absolute atomic E-state index is 0.0134. The van der Waals surface area contributed by atoms with Crippen LogP contribution >= 0.6 is 12.6 Å². The largest absolute Gasteiger partial charge is 0.368 e. The van der Waals surface area contributed by atoms with Crippen LogP contribution in [0.3, 0.4) is 0 Å². The molecule has 1 aromatic heterocycles. The lowest BCUT2D eigenvalue weighted by Gasteiger charge is -2.30. The van der Waals surface area contributed by atoms with Gasteiger partial charge in [-0.1, -0.05) is 58.7 Å². The van der Waals surface area contributed by atoms with E-state index in [9.17, 15) is 24.0 Å². The molecule has 0 aliphatic carbocycles. The first kappa shape index (κ1) is 32.7. The monoisotopic (exact) mass is 574 g/mol. The van der Waals surface area contributed by atoms with Crippen LogP contribution in [0.25, 0.3) is 10.9 Å². The minimum Gasteiger partial charge on any atom is -0.368 e. The Bertz CT molecular complexity index is 1200. The van der Waals surface area contributed by atoms with Crippen LogP contribution in [0.5, 0.6) is 0 Å². The summed E-state index contributed by atoms with van der Waals surface area (Å²) in [5, 5.41) is 11.7. The van der Waals surface area contributed by atoms with Crippen LogP contribution in [0.2, 0.25) is 0 Å². The minimum atomic E-state index is -1.09. The van der Waals surface area contributed by atoms with Gasteiger partial charge in [-0.05, 0) is 23.5 Å². The van der Waals surface area contributed by atoms with Crippen LogP contribution in [-0.4, -0.2) is 64.4 Å². The highest BCUT2D eigenvalue weighted by Gasteiger charge is 2.34. The smallest absolute Gasteiger partial charge is 0.243 e. The number of para-hydroxylation sites is 1. The number of aromatic amines is 1. The summed E-state index contributed by atoms with van der Waals surface area (Å²) in [6.45, 7) is 8.79. The molecule has 5 amide bonds. The Morgan fingerprint density at radius 1 is 0.850 bits per heavy atom. The number of carbonyl (C=O) groups excluding carboxylic acids is 5. The van der Waals surface area contributed by atoms with E-state index in [1.165, 1.54) is 6.92 Å². The second-order valence-corrected chi connectivity index (χ2v) is 10.6. The summed E-state index contributed by atoms with van der Waals surface area (Å²) in [5.41, 5.74) is 7.04. The van der Waals surface area contributed by atoms with E-state index < -0.39 is 47.8 Å². The van der Waals surface area contributed by atoms with Crippen molar-refractivity contribution in [3.63, 3.8) is 0 Å². The number of aromatic nitrogens is 1. The van der Waals surface area contributed by atoms with Crippen LogP contribution in [0.4, 0.5) is 0 Å². The number of rotatable bonds is 15. The van der Waals surface area contributed by atoms with E-state index in [4.69, 9.17) is 5.73 Å². The Labute approximate surface area is 240 Å². The Hall–Kier alpha value is -3.54. The standard InChI is InChI=1S/C28H42N6O5S/c1-6-15(3)23(31-17(5)35)28(39)34-24(16(4)7-2)27(38)32-21(26(37)33-22(14-40)25(29)36)12-18-13-30-20-11-9-8-10-19(18)20/h8-11,13,15-16,21-24,30,40H,6-7,12,14H2,1-5H3,(H2,29,36)(H,31,35)(H,32,38)(H,33,37)(H,34,39)/t15-,16-,21-,22-,23-,24-/m0/s1. The quantitative estimate of drug-likeness (QED) is 0.158. The fraction of sp³-hybridized carbons (Fsp3) is 0.536. The van der Waals surface area contributed by atoms with E-state index in [1.54, 1.807) is 6.20 Å². The van der Waals surface area contributed by atoms with Crippen LogP contribution in [0.15, 0.2) is 30.5 Å². The van der Waals surface area contributed by atoms with Gasteiger partial charge in [-0.25, -0.2) is 0 Å². The maximum absolute atomic E-state index is 13.7. The zero-order valence-corrected chi connectivity index (χ0v) is 24.6. The Morgan fingerprint density at radius 2 is 1.40 bits per heavy atom. The third-order valence-corrected chi connectivity index (χ3v) is 7.59. The number of nitrogens with one attached hydrogen (secondary N) is 5. The highest BCUT2D eigenvalue weighted by Crippen LogP contribution is 2.20. The van der Waals surface area contributed by atoms with Crippen LogP contribution in [0.1, 0.15) is 53.0 Å². The van der Waals surface area contributed by atoms with E-state index in [0.717, 1.165) is 16.5 Å². The zero-order valence-electron chi connectivity index (χ0n) is 23.7. The molecule has 0 fully saturated rings. The van der Waals surface area contributed by atoms with Gasteiger partial charge >= 0.3 is 0 Å². The molecule has 1 aromatic carbocycles. The fourth-order valence-corrected chi connectivity index (χ4v) is 4.61. The molecule has 0 bridgehead atoms. The maximum Gasteiger partial charge on any atom is 0.243 e. The SMILES string of the molecule is CC[C@H](C)[C@H](NC(C)=O)C(=O)N[C@H](C(=O)N[C@@H](Cc1c[nH]c2ccccc12)C(=O)N[C@@H](CS)C(N)=O)[C@@H](C)CC. The van der Waals surface area contributed by atoms with E-state index in [0.29, 0.717) is 12.8 Å². The van der Waals surface area contributed by atoms with Gasteiger partial charge in [0.15, 0.2) is 0 Å². The summed E-state index contributed by atoms with van der Waals surface area (Å²) in [4.78, 5) is 66.9. The molecule has 0 saturated carbocycles. The number of thiol groups is 1. The van der Waals surface area contributed by atoms with Crippen molar-refractivity contribution < 1.29 is 24.0 Å². The molecule has 0 unspecified atom stereocenters. The van der Waals surface area contributed by atoms with Gasteiger partial charge in [-0.15, -0.1) is 0 Å². The summed E-state index contributed by atoms with van der Waals surface area (Å²) in [6, 6.07) is 3.63. The highest BCUT2D eigenvalue weighted by molar-refractivity contribution is 7.80. The molecule has 0 spiro atoms. The summed E-state index contributed by atoms with van der Waals surface area (Å²) in [7, 11) is 0. The van der Waals surface area contributed by atoms with Crippen molar-refractivity contribution >= 4 is 53.1 Å². The van der Waals surface area contributed by atoms with Gasteiger partial charge in [0.1, 0.15) is 24.2 Å². The number of amides is 5. The topological polar surface area (TPSA) is 175 Å². The summed E-state index contributed by atoms with van der Waals surface area (Å²) in [5.74, 6) is -3.22. The van der Waals surface area contributed by atoms with Crippen LogP contribution in [-0.2, 0) is 30.4 Å². The first-order valence-electron chi connectivity index (χ1n) is 13.6. The van der Waals surface area contributed by atoms with E-state index in [2.05, 4.69) is 38.9 Å². The lowest BCUT2D eigenvalue weighted by molar-refractivity contribution is -0.135. The predicted molar refractivity (Wildman–Crippen MR) is 157 cm³/mol. The number of fused-ring (bicyclic) bond motifs is 1. The zero-order chi connectivity index (χ0) is 30.0. The number of hydrogen-bond donors (Lipinski definition) is 7. The van der Waals surface area contributed by atoms with Crippen molar-refractivity contribution in [2.24, 2.45) is 17.6 Å². The van der Waals surface area contributed by atoms with Gasteiger partial charge in [0.2, 0.25) is 29.5 Å². The third-order valence-electron chi connectivity index (χ3n) is 7.22. The fourth-order valence-electron chi connectivity index (χ4n) is 4.34. The molecule has 1 heterocycles. The molecule has 40 heavy (non-hydrogen) atoms. The molecule has 11 nitrogen and oxygen atoms in total. The first-order chi connectivity index (χ1) is 18.9. The summed E-state index contributed by atoms with van der Waals surface area (Å²) in [6.07, 6.45) is 3.08. The lowest BCUT2D eigenvalue weighted by atomic mass is 9.94. The summed E-state index contributed by atoms with van der Waals surface area (Å²) >= 11 is 4.10. The molecular weight excluding hydrogens is 532 g/mol. The normalized spacial score (nSPS) is 15.7. The molecular formula is C28H42N6O5S. The number of benzene rings is 1. The van der Waals surface area contributed by atoms with Gasteiger partial charge in [0.05, 0.1) is 0 Å². The van der Waals surface area contributed by atoms with Crippen LogP contribution in [0, 0.1) is 11.8 Å². The van der Waals surface area contributed by atoms with Gasteiger partial charge < -0.3 is 32.0 Å². The van der Waals surface area contributed by atoms with Crippen molar-refractivity contribution in [1.29, 1.82) is 0 Å². The second kappa shape index (κ2) is 15.3. The molecule has 2 aromatic rings. The van der Waals surface area contributed by atoms with Gasteiger partial charge in [-0.3, -0.25) is 24.0 Å². The molecule has 6 atom stereocenters. The van der Waals surface area contributed by atoms with Crippen molar-refractivity contribution in [3.05, 3.63) is 36.0 Å². The third kappa shape index (κ3) is 8.73. The van der Waals surface area contributed by atoms with Crippen molar-refractivity contribution in [2.45, 2.75) is 78.0 Å². The number of carbonyl (C=O) groups is 5. The average molecular weight is 575 g/mol. The molecule has 7 N–H and O–H groups in total. The molecule has 0 radical (unpaired) electrons. The number of primary amides is 1. The molecule has 0 aliphatic rings. The highest BCUT2D eigenvalue weighted by atomic mass is 32.1. The van der Waals surface area contributed by atoms with Crippen molar-refractivity contribution in [3.8, 4) is 0 Å². The average Bonchev–Trinajstić information content (AvgIpc) is 3.34. The molecule has 220 valence electrons. The van der Waals surface area contributed by atoms with E-state index >= 15 is 0 Å². The van der Waals surface area contributed by atoms with Crippen LogP contribution < -0.4 is 27.0 Å². The number of nitrogens with two attached hydrogens (primary N) is 1. The van der Waals surface area contributed by atoms with Crippen molar-refractivity contribution in [1.82, 2.24) is 26.3 Å². The Balaban J connectivity index is 2.36. The van der Waals surface area contributed by atoms with Gasteiger partial charge in [-0.2, -0.15) is 12.6 Å². The van der Waals surface area contributed by atoms with E-state index in [1.807, 2.05) is 52.0 Å². The first-order valence-corrected chi connectivity index (χ1v) is 14.2. The van der Waals surface area contributed by atoms with Gasteiger partial charge in [0, 0.05) is 36.2 Å². The number of H-pyrrole nitrogens is 1. The maximum atomic E-state index is 13.7. The molecule has 0 aliphatic heterocycles. The Morgan fingerprint density at radius 3 is 1.95 bits per heavy atom. The van der Waals surface area contributed by atoms with E-state index in [-0.39, 0.29) is 29.9 Å². The summed E-state index contributed by atoms with van der Waals surface area (Å²) < 4.78 is 0. The van der Waals surface area contributed by atoms with Crippen molar-refractivity contribution in [2.75, 3.05) is 5.75 Å². The molecule has 2 rings (SSSR count). The predicted octanol–water partition coefficient (Wildman–Crippen LogP) is 1.18.